The molecule has 0 radical (unpaired) electrons. The van der Waals surface area contributed by atoms with E-state index in [9.17, 15) is 4.79 Å². The highest BCUT2D eigenvalue weighted by Crippen LogP contribution is 2.56. The van der Waals surface area contributed by atoms with Crippen molar-refractivity contribution >= 4 is 12.2 Å². The molecular weight excluding hydrogens is 182 g/mol. The topological polar surface area (TPSA) is 64.9 Å². The van der Waals surface area contributed by atoms with Crippen LogP contribution in [0.15, 0.2) is 5.16 Å². The van der Waals surface area contributed by atoms with E-state index in [2.05, 4.69) is 10.5 Å². The van der Waals surface area contributed by atoms with E-state index in [1.54, 1.807) is 4.90 Å². The fourth-order valence-electron chi connectivity index (χ4n) is 2.78. The Kier molecular flexibility index (Phi) is 1.39. The molecule has 0 aromatic heterocycles. The van der Waals surface area contributed by atoms with Crippen LogP contribution in [-0.2, 0) is 0 Å². The van der Waals surface area contributed by atoms with Crippen molar-refractivity contribution in [1.29, 1.82) is 0 Å². The summed E-state index contributed by atoms with van der Waals surface area (Å²) in [5, 5.41) is 14.6. The minimum absolute atomic E-state index is 0.0105. The molecule has 0 unspecified atom stereocenters. The fraction of sp³-hybridized carbons (Fsp3) is 0.778. The Labute approximate surface area is 81.8 Å². The number of hydrogen-bond donors (Lipinski definition) is 2. The highest BCUT2D eigenvalue weighted by Gasteiger charge is 2.58. The maximum Gasteiger partial charge on any atom is 0.318 e. The summed E-state index contributed by atoms with van der Waals surface area (Å²) in [5.74, 6) is 0. The number of nitrogens with one attached hydrogen (secondary N) is 1. The van der Waals surface area contributed by atoms with Crippen molar-refractivity contribution in [2.24, 2.45) is 10.6 Å². The van der Waals surface area contributed by atoms with Crippen LogP contribution in [-0.4, -0.2) is 41.0 Å². The minimum Gasteiger partial charge on any atom is -0.411 e. The molecule has 3 rings (SSSR count). The number of nitrogens with zero attached hydrogens (tertiary/aromatic N) is 2. The molecule has 5 heteroatoms. The molecule has 0 aromatic carbocycles. The van der Waals surface area contributed by atoms with Crippen molar-refractivity contribution in [3.63, 3.8) is 0 Å². The van der Waals surface area contributed by atoms with E-state index in [0.29, 0.717) is 11.5 Å². The van der Waals surface area contributed by atoms with Gasteiger partial charge in [0.15, 0.2) is 0 Å². The van der Waals surface area contributed by atoms with Gasteiger partial charge in [-0.05, 0) is 24.7 Å². The molecule has 3 fully saturated rings. The van der Waals surface area contributed by atoms with Crippen LogP contribution < -0.4 is 5.32 Å². The van der Waals surface area contributed by atoms with E-state index in [1.165, 1.54) is 19.1 Å². The molecule has 2 heterocycles. The van der Waals surface area contributed by atoms with Crippen LogP contribution in [0.1, 0.15) is 19.3 Å². The smallest absolute Gasteiger partial charge is 0.318 e. The largest absolute Gasteiger partial charge is 0.411 e. The van der Waals surface area contributed by atoms with Gasteiger partial charge in [0.25, 0.3) is 0 Å². The molecule has 1 spiro atoms. The van der Waals surface area contributed by atoms with Crippen molar-refractivity contribution in [1.82, 2.24) is 10.2 Å². The Hall–Kier alpha value is -1.26. The summed E-state index contributed by atoms with van der Waals surface area (Å²) < 4.78 is 0. The molecule has 1 aliphatic carbocycles. The second-order valence-electron chi connectivity index (χ2n) is 4.55. The SMILES string of the molecule is O=C1N[C@@H]2CN1[C@H](/C=N/O)CC21CC1. The summed E-state index contributed by atoms with van der Waals surface area (Å²) in [6.07, 6.45) is 4.81. The van der Waals surface area contributed by atoms with Crippen molar-refractivity contribution < 1.29 is 10.0 Å². The molecule has 3 aliphatic rings. The molecule has 2 N–H and O–H groups in total. The van der Waals surface area contributed by atoms with Gasteiger partial charge in [-0.3, -0.25) is 0 Å². The number of piperidine rings is 1. The van der Waals surface area contributed by atoms with E-state index >= 15 is 0 Å². The second-order valence-corrected chi connectivity index (χ2v) is 4.55. The Balaban J connectivity index is 1.90. The Bertz CT molecular complexity index is 311. The van der Waals surface area contributed by atoms with Crippen molar-refractivity contribution in [2.45, 2.75) is 31.3 Å². The molecule has 2 atom stereocenters. The maximum atomic E-state index is 11.5. The van der Waals surface area contributed by atoms with Crippen LogP contribution in [0.25, 0.3) is 0 Å². The molecule has 5 nitrogen and oxygen atoms in total. The van der Waals surface area contributed by atoms with E-state index in [0.717, 1.165) is 13.0 Å². The molecule has 2 bridgehead atoms. The Morgan fingerprint density at radius 1 is 1.64 bits per heavy atom. The van der Waals surface area contributed by atoms with E-state index in [4.69, 9.17) is 5.21 Å². The van der Waals surface area contributed by atoms with Gasteiger partial charge in [-0.25, -0.2) is 4.79 Å². The summed E-state index contributed by atoms with van der Waals surface area (Å²) in [6.45, 7) is 0.773. The third-order valence-electron chi connectivity index (χ3n) is 3.82. The van der Waals surface area contributed by atoms with Gasteiger partial charge >= 0.3 is 6.03 Å². The molecule has 76 valence electrons. The predicted octanol–water partition coefficient (Wildman–Crippen LogP) is 0.393. The molecule has 2 amide bonds. The van der Waals surface area contributed by atoms with Crippen LogP contribution in [0, 0.1) is 5.41 Å². The zero-order chi connectivity index (χ0) is 9.76. The van der Waals surface area contributed by atoms with Crippen LogP contribution in [0.2, 0.25) is 0 Å². The minimum atomic E-state index is -0.0127. The van der Waals surface area contributed by atoms with E-state index in [-0.39, 0.29) is 12.1 Å². The summed E-state index contributed by atoms with van der Waals surface area (Å²) in [7, 11) is 0. The van der Waals surface area contributed by atoms with Gasteiger partial charge in [0.05, 0.1) is 18.3 Å². The average molecular weight is 195 g/mol. The van der Waals surface area contributed by atoms with Gasteiger partial charge in [0.2, 0.25) is 0 Å². The van der Waals surface area contributed by atoms with Crippen LogP contribution in [0.3, 0.4) is 0 Å². The van der Waals surface area contributed by atoms with Gasteiger partial charge in [-0.1, -0.05) is 5.16 Å². The first kappa shape index (κ1) is 8.08. The summed E-state index contributed by atoms with van der Waals surface area (Å²) in [4.78, 5) is 13.3. The molecule has 14 heavy (non-hydrogen) atoms. The van der Waals surface area contributed by atoms with Crippen LogP contribution >= 0.6 is 0 Å². The highest BCUT2D eigenvalue weighted by atomic mass is 16.4. The van der Waals surface area contributed by atoms with Crippen molar-refractivity contribution in [3.05, 3.63) is 0 Å². The number of urea groups is 1. The number of carbonyl (C=O) groups is 1. The monoisotopic (exact) mass is 195 g/mol. The molecule has 1 saturated carbocycles. The van der Waals surface area contributed by atoms with E-state index in [1.807, 2.05) is 0 Å². The lowest BCUT2D eigenvalue weighted by Gasteiger charge is -2.33. The van der Waals surface area contributed by atoms with Gasteiger partial charge in [0.1, 0.15) is 0 Å². The Morgan fingerprint density at radius 3 is 3.07 bits per heavy atom. The zero-order valence-corrected chi connectivity index (χ0v) is 7.81. The maximum absolute atomic E-state index is 11.5. The van der Waals surface area contributed by atoms with Gasteiger partial charge in [0, 0.05) is 6.54 Å². The number of oxime groups is 1. The quantitative estimate of drug-likeness (QED) is 0.361. The molecule has 2 aliphatic heterocycles. The highest BCUT2D eigenvalue weighted by molar-refractivity contribution is 5.82. The fourth-order valence-corrected chi connectivity index (χ4v) is 2.78. The Morgan fingerprint density at radius 2 is 2.43 bits per heavy atom. The third kappa shape index (κ3) is 0.895. The normalized spacial score (nSPS) is 38.0. The molecule has 0 aromatic rings. The van der Waals surface area contributed by atoms with Gasteiger partial charge in [-0.15, -0.1) is 0 Å². The lowest BCUT2D eigenvalue weighted by molar-refractivity contribution is 0.181. The van der Waals surface area contributed by atoms with Gasteiger partial charge < -0.3 is 15.4 Å². The summed E-state index contributed by atoms with van der Waals surface area (Å²) in [5.41, 5.74) is 0.314. The molecular formula is C9H13N3O2. The van der Waals surface area contributed by atoms with Crippen molar-refractivity contribution in [2.75, 3.05) is 6.54 Å². The summed E-state index contributed by atoms with van der Waals surface area (Å²) >= 11 is 0. The number of carbonyl (C=O) groups excluding carboxylic acids is 1. The third-order valence-corrected chi connectivity index (χ3v) is 3.82. The first-order valence-corrected chi connectivity index (χ1v) is 5.00. The number of rotatable bonds is 1. The second kappa shape index (κ2) is 2.40. The average Bonchev–Trinajstić information content (AvgIpc) is 2.83. The number of hydrogen-bond acceptors (Lipinski definition) is 3. The lowest BCUT2D eigenvalue weighted by Crippen LogP contribution is -2.46. The standard InChI is InChI=1S/C9H13N3O2/c13-8-11-7-5-12(8)6(4-10-14)3-9(7)1-2-9/h4,6-7,14H,1-3,5H2,(H,11,13)/b10-4+/t6-,7+/m0/s1. The predicted molar refractivity (Wildman–Crippen MR) is 49.4 cm³/mol. The zero-order valence-electron chi connectivity index (χ0n) is 7.81. The number of fused-ring (bicyclic) bond motifs is 3. The van der Waals surface area contributed by atoms with Crippen LogP contribution in [0.5, 0.6) is 0 Å². The van der Waals surface area contributed by atoms with Crippen LogP contribution in [0.4, 0.5) is 4.79 Å². The molecule has 2 saturated heterocycles. The first-order chi connectivity index (χ1) is 6.75. The number of amides is 2. The summed E-state index contributed by atoms with van der Waals surface area (Å²) in [6, 6.07) is 0.309. The van der Waals surface area contributed by atoms with E-state index < -0.39 is 0 Å². The van der Waals surface area contributed by atoms with Crippen molar-refractivity contribution in [3.8, 4) is 0 Å². The van der Waals surface area contributed by atoms with Gasteiger partial charge in [-0.2, -0.15) is 0 Å². The first-order valence-electron chi connectivity index (χ1n) is 5.00. The lowest BCUT2D eigenvalue weighted by atomic mass is 9.86.